The first-order valence-electron chi connectivity index (χ1n) is 6.47. The van der Waals surface area contributed by atoms with Crippen molar-refractivity contribution in [2.24, 2.45) is 5.73 Å². The predicted octanol–water partition coefficient (Wildman–Crippen LogP) is 1.28. The Morgan fingerprint density at radius 1 is 1.47 bits per heavy atom. The van der Waals surface area contributed by atoms with Gasteiger partial charge >= 0.3 is 5.97 Å². The summed E-state index contributed by atoms with van der Waals surface area (Å²) in [6.07, 6.45) is 2.05. The number of rotatable bonds is 4. The molecule has 5 heteroatoms. The van der Waals surface area contributed by atoms with Crippen molar-refractivity contribution in [1.82, 2.24) is 4.90 Å². The number of hydrogen-bond donors (Lipinski definition) is 2. The van der Waals surface area contributed by atoms with Crippen LogP contribution in [0, 0.1) is 0 Å². The molecule has 1 aliphatic heterocycles. The third kappa shape index (κ3) is 2.21. The molecule has 0 aromatic heterocycles. The third-order valence-corrected chi connectivity index (χ3v) is 3.78. The number of benzene rings is 1. The summed E-state index contributed by atoms with van der Waals surface area (Å²) in [5.41, 5.74) is 8.25. The van der Waals surface area contributed by atoms with E-state index >= 15 is 0 Å². The molecule has 1 unspecified atom stereocenters. The third-order valence-electron chi connectivity index (χ3n) is 3.78. The standard InChI is InChI=1S/C14H16N2O3/c15-12(6-13(17)18)8-1-2-9-7-16(10-3-4-10)14(19)11(9)5-8/h1-2,5,10,12H,3-4,6-7,15H2,(H,17,18). The zero-order valence-electron chi connectivity index (χ0n) is 10.5. The number of amides is 1. The van der Waals surface area contributed by atoms with E-state index in [2.05, 4.69) is 0 Å². The van der Waals surface area contributed by atoms with Gasteiger partial charge in [0.1, 0.15) is 0 Å². The number of hydrogen-bond acceptors (Lipinski definition) is 3. The lowest BCUT2D eigenvalue weighted by molar-refractivity contribution is -0.137. The molecule has 1 fully saturated rings. The topological polar surface area (TPSA) is 83.6 Å². The van der Waals surface area contributed by atoms with Crippen LogP contribution in [0.3, 0.4) is 0 Å². The van der Waals surface area contributed by atoms with Crippen molar-refractivity contribution in [3.8, 4) is 0 Å². The monoisotopic (exact) mass is 260 g/mol. The molecule has 1 atom stereocenters. The summed E-state index contributed by atoms with van der Waals surface area (Å²) in [5.74, 6) is -0.874. The van der Waals surface area contributed by atoms with Crippen molar-refractivity contribution < 1.29 is 14.7 Å². The molecule has 1 amide bonds. The average Bonchev–Trinajstić information content (AvgIpc) is 3.14. The molecule has 0 saturated heterocycles. The van der Waals surface area contributed by atoms with Gasteiger partial charge in [-0.05, 0) is 30.0 Å². The van der Waals surface area contributed by atoms with Crippen LogP contribution >= 0.6 is 0 Å². The Morgan fingerprint density at radius 3 is 2.84 bits per heavy atom. The first-order chi connectivity index (χ1) is 9.06. The zero-order valence-corrected chi connectivity index (χ0v) is 10.5. The first-order valence-corrected chi connectivity index (χ1v) is 6.47. The highest BCUT2D eigenvalue weighted by molar-refractivity contribution is 5.99. The van der Waals surface area contributed by atoms with E-state index in [-0.39, 0.29) is 12.3 Å². The predicted molar refractivity (Wildman–Crippen MR) is 68.5 cm³/mol. The minimum Gasteiger partial charge on any atom is -0.481 e. The Balaban J connectivity index is 1.85. The highest BCUT2D eigenvalue weighted by Crippen LogP contribution is 2.35. The molecule has 3 rings (SSSR count). The number of aliphatic carboxylic acids is 1. The molecule has 1 saturated carbocycles. The van der Waals surface area contributed by atoms with Crippen LogP contribution in [0.25, 0.3) is 0 Å². The molecule has 5 nitrogen and oxygen atoms in total. The van der Waals surface area contributed by atoms with Crippen LogP contribution in [0.5, 0.6) is 0 Å². The maximum absolute atomic E-state index is 12.2. The maximum Gasteiger partial charge on any atom is 0.305 e. The molecule has 1 aliphatic carbocycles. The second-order valence-corrected chi connectivity index (χ2v) is 5.29. The van der Waals surface area contributed by atoms with Crippen molar-refractivity contribution in [3.63, 3.8) is 0 Å². The van der Waals surface area contributed by atoms with Gasteiger partial charge < -0.3 is 15.7 Å². The van der Waals surface area contributed by atoms with Gasteiger partial charge in [-0.3, -0.25) is 9.59 Å². The van der Waals surface area contributed by atoms with Gasteiger partial charge in [0.2, 0.25) is 0 Å². The number of carbonyl (C=O) groups is 2. The van der Waals surface area contributed by atoms with Crippen LogP contribution in [0.2, 0.25) is 0 Å². The molecule has 3 N–H and O–H groups in total. The van der Waals surface area contributed by atoms with Gasteiger partial charge in [0.25, 0.3) is 5.91 Å². The van der Waals surface area contributed by atoms with Gasteiger partial charge in [-0.25, -0.2) is 0 Å². The van der Waals surface area contributed by atoms with Gasteiger partial charge in [-0.15, -0.1) is 0 Å². The Labute approximate surface area is 111 Å². The smallest absolute Gasteiger partial charge is 0.305 e. The lowest BCUT2D eigenvalue weighted by Gasteiger charge is -2.13. The number of carbonyl (C=O) groups excluding carboxylic acids is 1. The number of fused-ring (bicyclic) bond motifs is 1. The molecule has 0 bridgehead atoms. The second kappa shape index (κ2) is 4.35. The summed E-state index contributed by atoms with van der Waals surface area (Å²) >= 11 is 0. The Bertz CT molecular complexity index is 552. The fraction of sp³-hybridized carbons (Fsp3) is 0.429. The summed E-state index contributed by atoms with van der Waals surface area (Å²) in [5, 5.41) is 8.76. The van der Waals surface area contributed by atoms with Crippen LogP contribution in [-0.4, -0.2) is 27.9 Å². The lowest BCUT2D eigenvalue weighted by Crippen LogP contribution is -2.26. The van der Waals surface area contributed by atoms with E-state index < -0.39 is 12.0 Å². The Kier molecular flexibility index (Phi) is 2.78. The van der Waals surface area contributed by atoms with Crippen LogP contribution in [0.4, 0.5) is 0 Å². The molecular formula is C14H16N2O3. The van der Waals surface area contributed by atoms with Crippen LogP contribution in [-0.2, 0) is 11.3 Å². The largest absolute Gasteiger partial charge is 0.481 e. The summed E-state index contributed by atoms with van der Waals surface area (Å²) < 4.78 is 0. The Hall–Kier alpha value is -1.88. The molecule has 100 valence electrons. The molecule has 1 aromatic rings. The van der Waals surface area contributed by atoms with Crippen LogP contribution in [0.1, 0.15) is 46.8 Å². The SMILES string of the molecule is NC(CC(=O)O)c1ccc2c(c1)C(=O)N(C1CC1)C2. The van der Waals surface area contributed by atoms with Gasteiger partial charge in [0.05, 0.1) is 6.42 Å². The summed E-state index contributed by atoms with van der Waals surface area (Å²) in [7, 11) is 0. The van der Waals surface area contributed by atoms with E-state index in [1.165, 1.54) is 0 Å². The number of carboxylic acids is 1. The second-order valence-electron chi connectivity index (χ2n) is 5.29. The molecule has 0 spiro atoms. The molecular weight excluding hydrogens is 244 g/mol. The molecule has 0 radical (unpaired) electrons. The first kappa shape index (κ1) is 12.2. The van der Waals surface area contributed by atoms with Gasteiger partial charge in [0, 0.05) is 24.2 Å². The molecule has 2 aliphatic rings. The van der Waals surface area contributed by atoms with E-state index in [1.54, 1.807) is 6.07 Å². The summed E-state index contributed by atoms with van der Waals surface area (Å²) in [4.78, 5) is 24.8. The normalized spacial score (nSPS) is 19.4. The molecule has 19 heavy (non-hydrogen) atoms. The van der Waals surface area contributed by atoms with Crippen LogP contribution < -0.4 is 5.73 Å². The van der Waals surface area contributed by atoms with Gasteiger partial charge in [-0.1, -0.05) is 12.1 Å². The van der Waals surface area contributed by atoms with E-state index in [0.29, 0.717) is 23.7 Å². The van der Waals surface area contributed by atoms with Crippen molar-refractivity contribution in [2.45, 2.75) is 37.9 Å². The Morgan fingerprint density at radius 2 is 2.21 bits per heavy atom. The summed E-state index contributed by atoms with van der Waals surface area (Å²) in [6.45, 7) is 0.674. The average molecular weight is 260 g/mol. The minimum atomic E-state index is -0.932. The van der Waals surface area contributed by atoms with Crippen molar-refractivity contribution in [2.75, 3.05) is 0 Å². The highest BCUT2D eigenvalue weighted by Gasteiger charge is 2.38. The van der Waals surface area contributed by atoms with E-state index in [4.69, 9.17) is 10.8 Å². The van der Waals surface area contributed by atoms with Crippen molar-refractivity contribution >= 4 is 11.9 Å². The lowest BCUT2D eigenvalue weighted by atomic mass is 9.99. The van der Waals surface area contributed by atoms with Crippen molar-refractivity contribution in [3.05, 3.63) is 34.9 Å². The number of nitrogens with two attached hydrogens (primary N) is 1. The number of carboxylic acid groups (broad SMARTS) is 1. The van der Waals surface area contributed by atoms with Crippen molar-refractivity contribution in [1.29, 1.82) is 0 Å². The highest BCUT2D eigenvalue weighted by atomic mass is 16.4. The fourth-order valence-corrected chi connectivity index (χ4v) is 2.56. The van der Waals surface area contributed by atoms with E-state index in [0.717, 1.165) is 18.4 Å². The van der Waals surface area contributed by atoms with E-state index in [1.807, 2.05) is 17.0 Å². The quantitative estimate of drug-likeness (QED) is 0.854. The van der Waals surface area contributed by atoms with Gasteiger partial charge in [0.15, 0.2) is 0 Å². The van der Waals surface area contributed by atoms with Crippen LogP contribution in [0.15, 0.2) is 18.2 Å². The van der Waals surface area contributed by atoms with Gasteiger partial charge in [-0.2, -0.15) is 0 Å². The van der Waals surface area contributed by atoms with E-state index in [9.17, 15) is 9.59 Å². The maximum atomic E-state index is 12.2. The number of nitrogens with zero attached hydrogens (tertiary/aromatic N) is 1. The molecule has 1 heterocycles. The minimum absolute atomic E-state index is 0.0573. The zero-order chi connectivity index (χ0) is 13.6. The summed E-state index contributed by atoms with van der Waals surface area (Å²) in [6, 6.07) is 5.32. The fourth-order valence-electron chi connectivity index (χ4n) is 2.56. The molecule has 1 aromatic carbocycles.